The third-order valence-corrected chi connectivity index (χ3v) is 1.41. The Hall–Kier alpha value is -1.54. The minimum Gasteiger partial charge on any atom is -0.450 e. The van der Waals surface area contributed by atoms with Crippen molar-refractivity contribution in [2.75, 3.05) is 14.1 Å². The highest BCUT2D eigenvalue weighted by Crippen LogP contribution is 1.98. The molecule has 0 saturated carbocycles. The number of carboxylic acid groups (broad SMARTS) is 1. The van der Waals surface area contributed by atoms with Crippen molar-refractivity contribution >= 4 is 12.2 Å². The van der Waals surface area contributed by atoms with Crippen molar-refractivity contribution < 1.29 is 19.4 Å². The van der Waals surface area contributed by atoms with Gasteiger partial charge in [-0.2, -0.15) is 10.9 Å². The Morgan fingerprint density at radius 2 is 1.92 bits per heavy atom. The molecule has 8 heteroatoms. The second-order valence-electron chi connectivity index (χ2n) is 2.42. The summed E-state index contributed by atoms with van der Waals surface area (Å²) in [7, 11) is 2.91. The molecule has 1 heterocycles. The lowest BCUT2D eigenvalue weighted by Crippen LogP contribution is -2.67. The summed E-state index contributed by atoms with van der Waals surface area (Å²) in [5, 5.41) is 10.5. The van der Waals surface area contributed by atoms with E-state index in [-0.39, 0.29) is 6.03 Å². The van der Waals surface area contributed by atoms with Crippen molar-refractivity contribution in [2.45, 2.75) is 6.35 Å². The van der Waals surface area contributed by atoms with Gasteiger partial charge in [-0.1, -0.05) is 0 Å². The van der Waals surface area contributed by atoms with E-state index in [2.05, 4.69) is 15.6 Å². The Bertz CT molecular complexity index is 219. The fourth-order valence-corrected chi connectivity index (χ4v) is 0.870. The summed E-state index contributed by atoms with van der Waals surface area (Å²) < 4.78 is 4.34. The smallest absolute Gasteiger partial charge is 0.450 e. The fraction of sp³-hybridized carbons (Fsp3) is 0.600. The van der Waals surface area contributed by atoms with Crippen molar-refractivity contribution in [3.05, 3.63) is 0 Å². The summed E-state index contributed by atoms with van der Waals surface area (Å²) >= 11 is 0. The first-order valence-corrected chi connectivity index (χ1v) is 3.44. The molecular formula is C5H10N4O4. The molecule has 2 amide bonds. The van der Waals surface area contributed by atoms with Crippen LogP contribution in [0.25, 0.3) is 0 Å². The Morgan fingerprint density at radius 3 is 2.31 bits per heavy atom. The first kappa shape index (κ1) is 9.55. The SMILES string of the molecule is CN1NC(OC(=O)O)NN(C)C1=O. The van der Waals surface area contributed by atoms with Gasteiger partial charge in [0.05, 0.1) is 0 Å². The number of urea groups is 1. The second-order valence-corrected chi connectivity index (χ2v) is 2.42. The molecule has 3 N–H and O–H groups in total. The van der Waals surface area contributed by atoms with Gasteiger partial charge in [-0.25, -0.2) is 9.59 Å². The molecule has 1 aliphatic heterocycles. The molecule has 0 aromatic rings. The van der Waals surface area contributed by atoms with E-state index < -0.39 is 12.5 Å². The maximum Gasteiger partial charge on any atom is 0.508 e. The molecule has 13 heavy (non-hydrogen) atoms. The molecule has 0 aromatic heterocycles. The quantitative estimate of drug-likeness (QED) is 0.458. The van der Waals surface area contributed by atoms with E-state index in [1.54, 1.807) is 0 Å². The number of hydrogen-bond acceptors (Lipinski definition) is 5. The number of amides is 2. The molecular weight excluding hydrogens is 180 g/mol. The highest BCUT2D eigenvalue weighted by Gasteiger charge is 2.28. The van der Waals surface area contributed by atoms with Crippen LogP contribution in [0.5, 0.6) is 0 Å². The van der Waals surface area contributed by atoms with Crippen molar-refractivity contribution in [2.24, 2.45) is 0 Å². The number of rotatable bonds is 1. The zero-order valence-corrected chi connectivity index (χ0v) is 7.14. The van der Waals surface area contributed by atoms with Crippen LogP contribution in [0.15, 0.2) is 0 Å². The summed E-state index contributed by atoms with van der Waals surface area (Å²) in [5.41, 5.74) is 4.91. The first-order valence-electron chi connectivity index (χ1n) is 3.44. The monoisotopic (exact) mass is 190 g/mol. The molecule has 0 radical (unpaired) electrons. The van der Waals surface area contributed by atoms with Gasteiger partial charge in [-0.3, -0.25) is 10.0 Å². The highest BCUT2D eigenvalue weighted by atomic mass is 16.7. The van der Waals surface area contributed by atoms with Crippen molar-refractivity contribution in [1.29, 1.82) is 0 Å². The van der Waals surface area contributed by atoms with Gasteiger partial charge in [-0.15, -0.1) is 0 Å². The number of nitrogens with zero attached hydrogens (tertiary/aromatic N) is 2. The Balaban J connectivity index is 2.53. The predicted octanol–water partition coefficient (Wildman–Crippen LogP) is -1.03. The summed E-state index contributed by atoms with van der Waals surface area (Å²) in [6, 6.07) is -0.342. The van der Waals surface area contributed by atoms with Gasteiger partial charge in [0.25, 0.3) is 0 Å². The van der Waals surface area contributed by atoms with E-state index in [1.165, 1.54) is 14.1 Å². The Morgan fingerprint density at radius 1 is 1.46 bits per heavy atom. The third kappa shape index (κ3) is 2.20. The summed E-state index contributed by atoms with van der Waals surface area (Å²) in [6.45, 7) is 0. The van der Waals surface area contributed by atoms with E-state index in [0.29, 0.717) is 0 Å². The number of hydrazine groups is 2. The van der Waals surface area contributed by atoms with Gasteiger partial charge in [0, 0.05) is 14.1 Å². The number of carbonyl (C=O) groups is 2. The van der Waals surface area contributed by atoms with Crippen LogP contribution in [0.2, 0.25) is 0 Å². The van der Waals surface area contributed by atoms with Gasteiger partial charge in [0.2, 0.25) is 6.35 Å². The van der Waals surface area contributed by atoms with Crippen LogP contribution >= 0.6 is 0 Å². The van der Waals surface area contributed by atoms with Gasteiger partial charge < -0.3 is 9.84 Å². The number of nitrogens with one attached hydrogen (secondary N) is 2. The summed E-state index contributed by atoms with van der Waals surface area (Å²) in [4.78, 5) is 21.2. The van der Waals surface area contributed by atoms with Crippen LogP contribution in [0.1, 0.15) is 0 Å². The molecule has 0 aromatic carbocycles. The Kier molecular flexibility index (Phi) is 2.54. The predicted molar refractivity (Wildman–Crippen MR) is 40.1 cm³/mol. The lowest BCUT2D eigenvalue weighted by atomic mass is 10.7. The van der Waals surface area contributed by atoms with Crippen LogP contribution < -0.4 is 10.9 Å². The van der Waals surface area contributed by atoms with Crippen LogP contribution in [-0.2, 0) is 4.74 Å². The minimum absolute atomic E-state index is 0.342. The molecule has 1 fully saturated rings. The maximum absolute atomic E-state index is 11.1. The number of carbonyl (C=O) groups excluding carboxylic acids is 1. The van der Waals surface area contributed by atoms with Gasteiger partial charge >= 0.3 is 12.2 Å². The molecule has 1 aliphatic rings. The second kappa shape index (κ2) is 3.46. The maximum atomic E-state index is 11.1. The van der Waals surface area contributed by atoms with E-state index in [4.69, 9.17) is 5.11 Å². The zero-order valence-electron chi connectivity index (χ0n) is 7.14. The molecule has 0 atom stereocenters. The lowest BCUT2D eigenvalue weighted by molar-refractivity contribution is -0.0664. The van der Waals surface area contributed by atoms with E-state index in [0.717, 1.165) is 10.0 Å². The van der Waals surface area contributed by atoms with Crippen LogP contribution in [0.3, 0.4) is 0 Å². The zero-order chi connectivity index (χ0) is 10.0. The van der Waals surface area contributed by atoms with Crippen LogP contribution in [0.4, 0.5) is 9.59 Å². The third-order valence-electron chi connectivity index (χ3n) is 1.41. The van der Waals surface area contributed by atoms with Crippen molar-refractivity contribution in [1.82, 2.24) is 20.9 Å². The largest absolute Gasteiger partial charge is 0.508 e. The molecule has 74 valence electrons. The number of ether oxygens (including phenoxy) is 1. The summed E-state index contributed by atoms with van der Waals surface area (Å²) in [5.74, 6) is 0. The molecule has 8 nitrogen and oxygen atoms in total. The molecule has 0 bridgehead atoms. The average molecular weight is 190 g/mol. The minimum atomic E-state index is -1.43. The molecule has 0 unspecified atom stereocenters. The fourth-order valence-electron chi connectivity index (χ4n) is 0.870. The van der Waals surface area contributed by atoms with E-state index in [1.807, 2.05) is 0 Å². The normalized spacial score (nSPS) is 19.1. The molecule has 1 rings (SSSR count). The standard InChI is InChI=1S/C5H10N4O4/c1-8-4(10)9(2)7-3(6-8)13-5(11)12/h3,6-7H,1-2H3,(H,11,12). The number of hydrogen-bond donors (Lipinski definition) is 3. The van der Waals surface area contributed by atoms with Crippen molar-refractivity contribution in [3.8, 4) is 0 Å². The molecule has 1 saturated heterocycles. The van der Waals surface area contributed by atoms with Crippen LogP contribution in [0, 0.1) is 0 Å². The molecule has 0 spiro atoms. The topological polar surface area (TPSA) is 94.1 Å². The van der Waals surface area contributed by atoms with Gasteiger partial charge in [0.15, 0.2) is 0 Å². The van der Waals surface area contributed by atoms with Gasteiger partial charge in [0.1, 0.15) is 0 Å². The van der Waals surface area contributed by atoms with Crippen LogP contribution in [-0.4, -0.2) is 47.8 Å². The molecule has 0 aliphatic carbocycles. The lowest BCUT2D eigenvalue weighted by Gasteiger charge is -2.36. The highest BCUT2D eigenvalue weighted by molar-refractivity contribution is 5.73. The van der Waals surface area contributed by atoms with E-state index in [9.17, 15) is 9.59 Å². The Labute approximate surface area is 74.0 Å². The van der Waals surface area contributed by atoms with Gasteiger partial charge in [-0.05, 0) is 0 Å². The van der Waals surface area contributed by atoms with Crippen molar-refractivity contribution in [3.63, 3.8) is 0 Å². The average Bonchev–Trinajstić information content (AvgIpc) is 1.98. The first-order chi connectivity index (χ1) is 6.00. The van der Waals surface area contributed by atoms with E-state index >= 15 is 0 Å². The summed E-state index contributed by atoms with van der Waals surface area (Å²) in [6.07, 6.45) is -2.38.